The Morgan fingerprint density at radius 3 is 2.35 bits per heavy atom. The summed E-state index contributed by atoms with van der Waals surface area (Å²) in [5, 5.41) is 0.189. The summed E-state index contributed by atoms with van der Waals surface area (Å²) < 4.78 is 41.8. The molecule has 26 heavy (non-hydrogen) atoms. The van der Waals surface area contributed by atoms with E-state index in [0.29, 0.717) is 5.56 Å². The van der Waals surface area contributed by atoms with E-state index in [1.807, 2.05) is 37.3 Å². The molecule has 0 unspecified atom stereocenters. The number of aromatic nitrogens is 2. The summed E-state index contributed by atoms with van der Waals surface area (Å²) in [6.07, 6.45) is 2.71. The lowest BCUT2D eigenvalue weighted by molar-refractivity contribution is 0.588. The third-order valence-electron chi connectivity index (χ3n) is 4.27. The van der Waals surface area contributed by atoms with E-state index >= 15 is 0 Å². The zero-order valence-corrected chi connectivity index (χ0v) is 14.7. The second-order valence-corrected chi connectivity index (χ2v) is 7.83. The van der Waals surface area contributed by atoms with Crippen LogP contribution in [0.25, 0.3) is 22.2 Å². The molecule has 0 spiro atoms. The number of benzene rings is 2. The predicted molar refractivity (Wildman–Crippen MR) is 98.9 cm³/mol. The van der Waals surface area contributed by atoms with Crippen molar-refractivity contribution in [1.29, 1.82) is 0 Å². The van der Waals surface area contributed by atoms with E-state index in [9.17, 15) is 12.8 Å². The van der Waals surface area contributed by atoms with Crippen LogP contribution in [0.3, 0.4) is 0 Å². The quantitative estimate of drug-likeness (QED) is 0.540. The highest BCUT2D eigenvalue weighted by molar-refractivity contribution is 7.90. The van der Waals surface area contributed by atoms with Gasteiger partial charge in [0, 0.05) is 18.0 Å². The van der Waals surface area contributed by atoms with Gasteiger partial charge in [0.2, 0.25) is 0 Å². The Morgan fingerprint density at radius 2 is 1.65 bits per heavy atom. The van der Waals surface area contributed by atoms with E-state index in [0.717, 1.165) is 15.1 Å². The lowest BCUT2D eigenvalue weighted by Crippen LogP contribution is -2.12. The fraction of sp³-hybridized carbons (Fsp3) is 0.0500. The molecule has 4 rings (SSSR count). The Bertz CT molecular complexity index is 1200. The zero-order chi connectivity index (χ0) is 18.3. The average Bonchev–Trinajstić information content (AvgIpc) is 3.05. The van der Waals surface area contributed by atoms with Crippen LogP contribution in [0.15, 0.2) is 78.0 Å². The van der Waals surface area contributed by atoms with Crippen LogP contribution in [0.4, 0.5) is 4.39 Å². The normalized spacial score (nSPS) is 11.8. The first-order valence-corrected chi connectivity index (χ1v) is 9.46. The van der Waals surface area contributed by atoms with Crippen molar-refractivity contribution in [2.24, 2.45) is 0 Å². The van der Waals surface area contributed by atoms with Crippen LogP contribution in [0.1, 0.15) is 5.56 Å². The van der Waals surface area contributed by atoms with Crippen molar-refractivity contribution in [2.75, 3.05) is 0 Å². The van der Waals surface area contributed by atoms with Crippen molar-refractivity contribution >= 4 is 21.1 Å². The maximum Gasteiger partial charge on any atom is 0.269 e. The SMILES string of the molecule is Cc1ccc(S(=O)(=O)n2cc(-c3ccccc3)c3c(F)ccnc32)cc1. The first kappa shape index (κ1) is 16.5. The van der Waals surface area contributed by atoms with Gasteiger partial charge in [-0.3, -0.25) is 0 Å². The Kier molecular flexibility index (Phi) is 3.85. The molecule has 0 saturated carbocycles. The minimum absolute atomic E-state index is 0.0735. The van der Waals surface area contributed by atoms with E-state index in [4.69, 9.17) is 0 Å². The highest BCUT2D eigenvalue weighted by Crippen LogP contribution is 2.33. The van der Waals surface area contributed by atoms with E-state index in [2.05, 4.69) is 4.98 Å². The molecule has 0 bridgehead atoms. The second kappa shape index (κ2) is 6.07. The largest absolute Gasteiger partial charge is 0.269 e. The molecule has 0 saturated heterocycles. The van der Waals surface area contributed by atoms with E-state index < -0.39 is 15.8 Å². The monoisotopic (exact) mass is 366 g/mol. The number of pyridine rings is 1. The van der Waals surface area contributed by atoms with Gasteiger partial charge in [0.15, 0.2) is 5.65 Å². The number of fused-ring (bicyclic) bond motifs is 1. The fourth-order valence-corrected chi connectivity index (χ4v) is 4.25. The minimum Gasteiger partial charge on any atom is -0.237 e. The third-order valence-corrected chi connectivity index (χ3v) is 5.93. The van der Waals surface area contributed by atoms with Crippen molar-refractivity contribution in [3.63, 3.8) is 0 Å². The highest BCUT2D eigenvalue weighted by Gasteiger charge is 2.24. The molecule has 2 heterocycles. The van der Waals surface area contributed by atoms with Crippen molar-refractivity contribution in [3.05, 3.63) is 84.4 Å². The molecule has 2 aromatic carbocycles. The lowest BCUT2D eigenvalue weighted by atomic mass is 10.1. The van der Waals surface area contributed by atoms with Gasteiger partial charge in [-0.25, -0.2) is 21.8 Å². The summed E-state index contributed by atoms with van der Waals surface area (Å²) in [4.78, 5) is 4.27. The van der Waals surface area contributed by atoms with E-state index in [1.54, 1.807) is 12.1 Å². The number of rotatable bonds is 3. The second-order valence-electron chi connectivity index (χ2n) is 6.01. The third kappa shape index (κ3) is 2.59. The van der Waals surface area contributed by atoms with Crippen molar-refractivity contribution in [1.82, 2.24) is 8.96 Å². The summed E-state index contributed by atoms with van der Waals surface area (Å²) >= 11 is 0. The van der Waals surface area contributed by atoms with Gasteiger partial charge in [-0.1, -0.05) is 48.0 Å². The molecule has 4 aromatic rings. The Hall–Kier alpha value is -2.99. The van der Waals surface area contributed by atoms with Crippen molar-refractivity contribution in [2.45, 2.75) is 11.8 Å². The number of hydrogen-bond acceptors (Lipinski definition) is 3. The van der Waals surface area contributed by atoms with Crippen LogP contribution in [0.5, 0.6) is 0 Å². The van der Waals surface area contributed by atoms with Crippen LogP contribution < -0.4 is 0 Å². The molecule has 4 nitrogen and oxygen atoms in total. The standard InChI is InChI=1S/C20H15FN2O2S/c1-14-7-9-16(10-8-14)26(24,25)23-13-17(15-5-3-2-4-6-15)19-18(21)11-12-22-20(19)23/h2-13H,1H3. The van der Waals surface area contributed by atoms with Crippen molar-refractivity contribution < 1.29 is 12.8 Å². The van der Waals surface area contributed by atoms with Gasteiger partial charge >= 0.3 is 0 Å². The summed E-state index contributed by atoms with van der Waals surface area (Å²) in [7, 11) is -3.90. The summed E-state index contributed by atoms with van der Waals surface area (Å²) in [6.45, 7) is 1.88. The van der Waals surface area contributed by atoms with Crippen LogP contribution in [-0.4, -0.2) is 17.4 Å². The molecular formula is C20H15FN2O2S. The molecule has 0 aliphatic carbocycles. The van der Waals surface area contributed by atoms with Crippen LogP contribution >= 0.6 is 0 Å². The molecule has 6 heteroatoms. The molecule has 0 aliphatic heterocycles. The van der Waals surface area contributed by atoms with Gasteiger partial charge in [-0.05, 0) is 30.7 Å². The van der Waals surface area contributed by atoms with Gasteiger partial charge in [-0.2, -0.15) is 0 Å². The number of hydrogen-bond donors (Lipinski definition) is 0. The molecule has 0 amide bonds. The predicted octanol–water partition coefficient (Wildman–Crippen LogP) is 4.39. The maximum absolute atomic E-state index is 14.5. The topological polar surface area (TPSA) is 52.0 Å². The summed E-state index contributed by atoms with van der Waals surface area (Å²) in [5.74, 6) is -0.508. The van der Waals surface area contributed by atoms with E-state index in [-0.39, 0.29) is 15.9 Å². The van der Waals surface area contributed by atoms with Crippen molar-refractivity contribution in [3.8, 4) is 11.1 Å². The van der Waals surface area contributed by atoms with E-state index in [1.165, 1.54) is 30.6 Å². The van der Waals surface area contributed by atoms with Gasteiger partial charge in [0.05, 0.1) is 10.3 Å². The maximum atomic E-state index is 14.5. The molecule has 130 valence electrons. The van der Waals surface area contributed by atoms with Crippen LogP contribution in [-0.2, 0) is 10.0 Å². The molecule has 0 aliphatic rings. The summed E-state index contributed by atoms with van der Waals surface area (Å²) in [6, 6.07) is 16.9. The highest BCUT2D eigenvalue weighted by atomic mass is 32.2. The smallest absolute Gasteiger partial charge is 0.237 e. The lowest BCUT2D eigenvalue weighted by Gasteiger charge is -2.07. The van der Waals surface area contributed by atoms with Gasteiger partial charge in [0.1, 0.15) is 5.82 Å². The molecular weight excluding hydrogens is 351 g/mol. The Labute approximate surface area is 150 Å². The number of halogens is 1. The number of aryl methyl sites for hydroxylation is 1. The van der Waals surface area contributed by atoms with Gasteiger partial charge < -0.3 is 0 Å². The minimum atomic E-state index is -3.90. The Balaban J connectivity index is 2.03. The van der Waals surface area contributed by atoms with Crippen LogP contribution in [0, 0.1) is 12.7 Å². The van der Waals surface area contributed by atoms with Gasteiger partial charge in [0.25, 0.3) is 10.0 Å². The average molecular weight is 366 g/mol. The van der Waals surface area contributed by atoms with Gasteiger partial charge in [-0.15, -0.1) is 0 Å². The number of nitrogens with zero attached hydrogens (tertiary/aromatic N) is 2. The van der Waals surface area contributed by atoms with Crippen LogP contribution in [0.2, 0.25) is 0 Å². The molecule has 0 radical (unpaired) electrons. The first-order valence-electron chi connectivity index (χ1n) is 8.02. The fourth-order valence-electron chi connectivity index (χ4n) is 2.93. The zero-order valence-electron chi connectivity index (χ0n) is 13.9. The molecule has 0 fully saturated rings. The molecule has 0 N–H and O–H groups in total. The molecule has 0 atom stereocenters. The Morgan fingerprint density at radius 1 is 0.962 bits per heavy atom. The first-order chi connectivity index (χ1) is 12.5. The summed E-state index contributed by atoms with van der Waals surface area (Å²) in [5.41, 5.74) is 2.24. The molecule has 2 aromatic heterocycles.